The number of aromatic amines is 1. The van der Waals surface area contributed by atoms with Gasteiger partial charge in [-0.15, -0.1) is 0 Å². The van der Waals surface area contributed by atoms with E-state index in [0.717, 1.165) is 17.2 Å². The van der Waals surface area contributed by atoms with Crippen molar-refractivity contribution in [2.45, 2.75) is 19.3 Å². The van der Waals surface area contributed by atoms with Crippen molar-refractivity contribution in [2.75, 3.05) is 30.7 Å². The fraction of sp³-hybridized carbons (Fsp3) is 0.389. The highest BCUT2D eigenvalue weighted by Crippen LogP contribution is 2.16. The standard InChI is InChI=1S/C18H25N5O3S2/c1-2-28(25,26)13-6-5-10-20-18(27)21-12-7-11-19-16-14-8-3-4-9-15(14)17(24)23-22-16/h2-4,8-9H,1,5-7,10-13H2,(H,19,22)(H,23,24)(H2,20,21,27). The number of hydrogen-bond donors (Lipinski definition) is 4. The Bertz CT molecular complexity index is 973. The van der Waals surface area contributed by atoms with E-state index in [1.54, 1.807) is 6.07 Å². The fourth-order valence-electron chi connectivity index (χ4n) is 2.52. The zero-order valence-electron chi connectivity index (χ0n) is 15.5. The summed E-state index contributed by atoms with van der Waals surface area (Å²) in [6.45, 7) is 5.24. The second-order valence-corrected chi connectivity index (χ2v) is 8.63. The van der Waals surface area contributed by atoms with Gasteiger partial charge in [-0.1, -0.05) is 24.8 Å². The molecule has 0 spiro atoms. The number of rotatable bonds is 11. The molecule has 0 unspecified atom stereocenters. The number of aromatic nitrogens is 2. The first-order valence-corrected chi connectivity index (χ1v) is 11.1. The quantitative estimate of drug-likeness (QED) is 0.318. The number of thiocarbonyl (C=S) groups is 1. The maximum Gasteiger partial charge on any atom is 0.272 e. The van der Waals surface area contributed by atoms with Gasteiger partial charge in [-0.2, -0.15) is 5.10 Å². The van der Waals surface area contributed by atoms with Crippen molar-refractivity contribution in [3.8, 4) is 0 Å². The number of nitrogens with zero attached hydrogens (tertiary/aromatic N) is 1. The lowest BCUT2D eigenvalue weighted by Crippen LogP contribution is -2.36. The van der Waals surface area contributed by atoms with Crippen LogP contribution in [0.2, 0.25) is 0 Å². The van der Waals surface area contributed by atoms with Gasteiger partial charge in [0, 0.05) is 30.4 Å². The number of anilines is 1. The Morgan fingerprint density at radius 2 is 1.79 bits per heavy atom. The normalized spacial score (nSPS) is 11.1. The summed E-state index contributed by atoms with van der Waals surface area (Å²) in [7, 11) is -3.12. The van der Waals surface area contributed by atoms with Crippen molar-refractivity contribution in [1.82, 2.24) is 20.8 Å². The number of unbranched alkanes of at least 4 members (excludes halogenated alkanes) is 1. The van der Waals surface area contributed by atoms with E-state index in [1.807, 2.05) is 18.2 Å². The number of sulfone groups is 1. The van der Waals surface area contributed by atoms with Crippen LogP contribution in [0.15, 0.2) is 41.0 Å². The largest absolute Gasteiger partial charge is 0.368 e. The average molecular weight is 424 g/mol. The molecular formula is C18H25N5O3S2. The van der Waals surface area contributed by atoms with Crippen LogP contribution in [-0.2, 0) is 9.84 Å². The molecular weight excluding hydrogens is 398 g/mol. The number of H-pyrrole nitrogens is 1. The summed E-state index contributed by atoms with van der Waals surface area (Å²) in [4.78, 5) is 11.8. The maximum atomic E-state index is 11.8. The highest BCUT2D eigenvalue weighted by atomic mass is 32.2. The molecule has 152 valence electrons. The molecule has 2 rings (SSSR count). The summed E-state index contributed by atoms with van der Waals surface area (Å²) < 4.78 is 22.6. The molecule has 0 saturated heterocycles. The maximum absolute atomic E-state index is 11.8. The number of nitrogens with one attached hydrogen (secondary N) is 4. The predicted octanol–water partition coefficient (Wildman–Crippen LogP) is 1.53. The molecule has 1 aromatic carbocycles. The Hall–Kier alpha value is -2.46. The van der Waals surface area contributed by atoms with Crippen molar-refractivity contribution in [2.24, 2.45) is 0 Å². The van der Waals surface area contributed by atoms with Gasteiger partial charge in [0.05, 0.1) is 11.1 Å². The van der Waals surface area contributed by atoms with E-state index in [1.165, 1.54) is 0 Å². The van der Waals surface area contributed by atoms with Crippen LogP contribution in [0.5, 0.6) is 0 Å². The monoisotopic (exact) mass is 423 g/mol. The average Bonchev–Trinajstić information content (AvgIpc) is 2.69. The zero-order chi connectivity index (χ0) is 20.4. The lowest BCUT2D eigenvalue weighted by molar-refractivity contribution is 0.599. The van der Waals surface area contributed by atoms with E-state index < -0.39 is 9.84 Å². The van der Waals surface area contributed by atoms with Crippen LogP contribution >= 0.6 is 12.2 Å². The Kier molecular flexibility index (Phi) is 8.40. The molecule has 8 nitrogen and oxygen atoms in total. The summed E-state index contributed by atoms with van der Waals surface area (Å²) >= 11 is 5.19. The first-order valence-electron chi connectivity index (χ1n) is 9.01. The highest BCUT2D eigenvalue weighted by molar-refractivity contribution is 7.94. The SMILES string of the molecule is C=CS(=O)(=O)CCCCNC(=S)NCCCNc1n[nH]c(=O)c2ccccc12. The molecule has 0 bridgehead atoms. The molecule has 0 saturated carbocycles. The van der Waals surface area contributed by atoms with Gasteiger partial charge >= 0.3 is 0 Å². The molecule has 0 fully saturated rings. The summed E-state index contributed by atoms with van der Waals surface area (Å²) in [6.07, 6.45) is 2.07. The second kappa shape index (κ2) is 10.8. The lowest BCUT2D eigenvalue weighted by atomic mass is 10.2. The second-order valence-electron chi connectivity index (χ2n) is 6.15. The first kappa shape index (κ1) is 21.8. The van der Waals surface area contributed by atoms with Gasteiger partial charge in [0.2, 0.25) is 0 Å². The summed E-state index contributed by atoms with van der Waals surface area (Å²) in [5.41, 5.74) is -0.207. The van der Waals surface area contributed by atoms with Crippen LogP contribution in [0.4, 0.5) is 5.82 Å². The van der Waals surface area contributed by atoms with Gasteiger partial charge in [0.1, 0.15) is 0 Å². The van der Waals surface area contributed by atoms with E-state index in [0.29, 0.717) is 48.8 Å². The zero-order valence-corrected chi connectivity index (χ0v) is 17.2. The molecule has 2 aromatic rings. The van der Waals surface area contributed by atoms with Gasteiger partial charge in [-0.25, -0.2) is 13.5 Å². The summed E-state index contributed by atoms with van der Waals surface area (Å²) in [6, 6.07) is 7.31. The summed E-state index contributed by atoms with van der Waals surface area (Å²) in [5.74, 6) is 0.753. The molecule has 0 atom stereocenters. The predicted molar refractivity (Wildman–Crippen MR) is 117 cm³/mol. The molecule has 10 heteroatoms. The molecule has 28 heavy (non-hydrogen) atoms. The molecule has 0 aliphatic carbocycles. The lowest BCUT2D eigenvalue weighted by Gasteiger charge is -2.11. The number of benzene rings is 1. The molecule has 0 amide bonds. The highest BCUT2D eigenvalue weighted by Gasteiger charge is 2.05. The van der Waals surface area contributed by atoms with Crippen LogP contribution in [0.25, 0.3) is 10.8 Å². The Morgan fingerprint density at radius 3 is 2.50 bits per heavy atom. The third-order valence-electron chi connectivity index (χ3n) is 4.02. The Morgan fingerprint density at radius 1 is 1.11 bits per heavy atom. The molecule has 0 aliphatic heterocycles. The van der Waals surface area contributed by atoms with Crippen LogP contribution in [0, 0.1) is 0 Å². The van der Waals surface area contributed by atoms with Gasteiger partial charge < -0.3 is 16.0 Å². The first-order chi connectivity index (χ1) is 13.4. The number of hydrogen-bond acceptors (Lipinski definition) is 6. The van der Waals surface area contributed by atoms with Crippen molar-refractivity contribution in [3.05, 3.63) is 46.6 Å². The van der Waals surface area contributed by atoms with Crippen molar-refractivity contribution >= 4 is 43.8 Å². The van der Waals surface area contributed by atoms with E-state index in [4.69, 9.17) is 12.2 Å². The van der Waals surface area contributed by atoms with Gasteiger partial charge in [0.15, 0.2) is 20.8 Å². The van der Waals surface area contributed by atoms with Gasteiger partial charge in [0.25, 0.3) is 5.56 Å². The third-order valence-corrected chi connectivity index (χ3v) is 5.68. The Labute approximate surface area is 169 Å². The molecule has 4 N–H and O–H groups in total. The minimum atomic E-state index is -3.12. The molecule has 0 radical (unpaired) electrons. The Balaban J connectivity index is 1.62. The van der Waals surface area contributed by atoms with E-state index in [9.17, 15) is 13.2 Å². The minimum Gasteiger partial charge on any atom is -0.368 e. The third kappa shape index (κ3) is 6.93. The van der Waals surface area contributed by atoms with Crippen molar-refractivity contribution < 1.29 is 8.42 Å². The van der Waals surface area contributed by atoms with Gasteiger partial charge in [-0.3, -0.25) is 4.79 Å². The van der Waals surface area contributed by atoms with E-state index in [2.05, 4.69) is 32.7 Å². The topological polar surface area (TPSA) is 116 Å². The van der Waals surface area contributed by atoms with Crippen LogP contribution in [-0.4, -0.2) is 49.1 Å². The minimum absolute atomic E-state index is 0.109. The fourth-order valence-corrected chi connectivity index (χ4v) is 3.50. The van der Waals surface area contributed by atoms with Gasteiger partial charge in [-0.05, 0) is 37.5 Å². The molecule has 1 aromatic heterocycles. The summed E-state index contributed by atoms with van der Waals surface area (Å²) in [5, 5.41) is 18.8. The van der Waals surface area contributed by atoms with Crippen molar-refractivity contribution in [1.29, 1.82) is 0 Å². The van der Waals surface area contributed by atoms with Crippen LogP contribution in [0.3, 0.4) is 0 Å². The smallest absolute Gasteiger partial charge is 0.272 e. The van der Waals surface area contributed by atoms with E-state index >= 15 is 0 Å². The molecule has 1 heterocycles. The van der Waals surface area contributed by atoms with Crippen LogP contribution in [0.1, 0.15) is 19.3 Å². The molecule has 0 aliphatic rings. The van der Waals surface area contributed by atoms with E-state index in [-0.39, 0.29) is 11.3 Å². The number of fused-ring (bicyclic) bond motifs is 1. The van der Waals surface area contributed by atoms with Crippen LogP contribution < -0.4 is 21.5 Å². The van der Waals surface area contributed by atoms with Crippen molar-refractivity contribution in [3.63, 3.8) is 0 Å².